The summed E-state index contributed by atoms with van der Waals surface area (Å²) in [6.45, 7) is 2.87. The topological polar surface area (TPSA) is 38.5 Å². The number of benzene rings is 1. The molecule has 1 aromatic rings. The Balaban J connectivity index is 2.20. The van der Waals surface area contributed by atoms with E-state index < -0.39 is 0 Å². The lowest BCUT2D eigenvalue weighted by Gasteiger charge is -2.47. The third-order valence-corrected chi connectivity index (χ3v) is 4.76. The summed E-state index contributed by atoms with van der Waals surface area (Å²) in [5, 5.41) is 0. The van der Waals surface area contributed by atoms with E-state index in [0.29, 0.717) is 12.6 Å². The van der Waals surface area contributed by atoms with Gasteiger partial charge in [0, 0.05) is 26.4 Å². The Hall–Kier alpha value is -1.06. The van der Waals surface area contributed by atoms with Gasteiger partial charge in [-0.25, -0.2) is 0 Å². The molecule has 0 heterocycles. The van der Waals surface area contributed by atoms with Crippen molar-refractivity contribution in [1.29, 1.82) is 0 Å². The van der Waals surface area contributed by atoms with E-state index in [1.54, 1.807) is 0 Å². The summed E-state index contributed by atoms with van der Waals surface area (Å²) in [5.74, 6) is 0. The van der Waals surface area contributed by atoms with Crippen LogP contribution in [0.1, 0.15) is 31.2 Å². The molecule has 1 fully saturated rings. The molecule has 0 atom stereocenters. The van der Waals surface area contributed by atoms with Crippen LogP contribution in [0.25, 0.3) is 0 Å². The van der Waals surface area contributed by atoms with Crippen LogP contribution in [0.2, 0.25) is 0 Å². The Morgan fingerprint density at radius 1 is 1.32 bits per heavy atom. The number of nitrogens with two attached hydrogens (primary N) is 1. The molecule has 106 valence electrons. The lowest BCUT2D eigenvalue weighted by molar-refractivity contribution is 0.0505. The predicted octanol–water partition coefficient (Wildman–Crippen LogP) is 2.72. The highest BCUT2D eigenvalue weighted by atomic mass is 16.5. The predicted molar refractivity (Wildman–Crippen MR) is 80.6 cm³/mol. The number of para-hydroxylation sites is 1. The zero-order valence-corrected chi connectivity index (χ0v) is 12.4. The van der Waals surface area contributed by atoms with Crippen molar-refractivity contribution < 1.29 is 4.74 Å². The third kappa shape index (κ3) is 2.77. The number of anilines is 1. The van der Waals surface area contributed by atoms with E-state index in [4.69, 9.17) is 10.5 Å². The summed E-state index contributed by atoms with van der Waals surface area (Å²) in [6.07, 6.45) is 4.82. The third-order valence-electron chi connectivity index (χ3n) is 4.76. The van der Waals surface area contributed by atoms with E-state index >= 15 is 0 Å². The quantitative estimate of drug-likeness (QED) is 0.906. The average Bonchev–Trinajstić information content (AvgIpc) is 2.47. The molecule has 0 unspecified atom stereocenters. The normalized spacial score (nSPS) is 27.3. The van der Waals surface area contributed by atoms with Crippen molar-refractivity contribution in [2.75, 3.05) is 25.6 Å². The van der Waals surface area contributed by atoms with Crippen LogP contribution in [-0.2, 0) is 4.74 Å². The largest absolute Gasteiger partial charge is 0.381 e. The van der Waals surface area contributed by atoms with E-state index in [2.05, 4.69) is 43.1 Å². The van der Waals surface area contributed by atoms with Gasteiger partial charge in [-0.15, -0.1) is 0 Å². The SMILES string of the molecule is COC1CCC(CN)(N(C)c2ccccc2C)CC1. The van der Waals surface area contributed by atoms with Crippen LogP contribution in [-0.4, -0.2) is 32.3 Å². The van der Waals surface area contributed by atoms with Crippen LogP contribution in [0, 0.1) is 6.92 Å². The molecule has 1 saturated carbocycles. The van der Waals surface area contributed by atoms with Gasteiger partial charge >= 0.3 is 0 Å². The average molecular weight is 262 g/mol. The van der Waals surface area contributed by atoms with Crippen molar-refractivity contribution in [3.8, 4) is 0 Å². The van der Waals surface area contributed by atoms with Gasteiger partial charge in [-0.3, -0.25) is 0 Å². The van der Waals surface area contributed by atoms with Gasteiger partial charge in [0.15, 0.2) is 0 Å². The highest BCUT2D eigenvalue weighted by Gasteiger charge is 2.38. The highest BCUT2D eigenvalue weighted by Crippen LogP contribution is 2.37. The standard InChI is InChI=1S/C16H26N2O/c1-13-6-4-5-7-15(13)18(2)16(12-17)10-8-14(19-3)9-11-16/h4-7,14H,8-12,17H2,1-3H3. The minimum atomic E-state index is 0.0845. The van der Waals surface area contributed by atoms with Crippen molar-refractivity contribution in [1.82, 2.24) is 0 Å². The van der Waals surface area contributed by atoms with Crippen molar-refractivity contribution in [3.05, 3.63) is 29.8 Å². The van der Waals surface area contributed by atoms with Gasteiger partial charge < -0.3 is 15.4 Å². The first-order chi connectivity index (χ1) is 9.13. The molecule has 1 aliphatic carbocycles. The molecular weight excluding hydrogens is 236 g/mol. The van der Waals surface area contributed by atoms with Crippen molar-refractivity contribution in [3.63, 3.8) is 0 Å². The van der Waals surface area contributed by atoms with Crippen molar-refractivity contribution >= 4 is 5.69 Å². The second-order valence-corrected chi connectivity index (χ2v) is 5.71. The molecule has 2 N–H and O–H groups in total. The Morgan fingerprint density at radius 2 is 1.95 bits per heavy atom. The molecule has 0 spiro atoms. The second-order valence-electron chi connectivity index (χ2n) is 5.71. The lowest BCUT2D eigenvalue weighted by atomic mass is 9.78. The molecule has 0 aliphatic heterocycles. The molecule has 0 bridgehead atoms. The minimum Gasteiger partial charge on any atom is -0.381 e. The second kappa shape index (κ2) is 5.93. The maximum Gasteiger partial charge on any atom is 0.0573 e. The maximum atomic E-state index is 6.13. The van der Waals surface area contributed by atoms with Gasteiger partial charge in [-0.05, 0) is 44.2 Å². The number of hydrogen-bond acceptors (Lipinski definition) is 3. The number of hydrogen-bond donors (Lipinski definition) is 1. The summed E-state index contributed by atoms with van der Waals surface area (Å²) in [5.41, 5.74) is 8.82. The fourth-order valence-corrected chi connectivity index (χ4v) is 3.24. The molecule has 1 aliphatic rings. The van der Waals surface area contributed by atoms with Crippen LogP contribution >= 0.6 is 0 Å². The van der Waals surface area contributed by atoms with E-state index in [9.17, 15) is 0 Å². The molecule has 19 heavy (non-hydrogen) atoms. The van der Waals surface area contributed by atoms with E-state index in [1.165, 1.54) is 11.3 Å². The smallest absolute Gasteiger partial charge is 0.0573 e. The minimum absolute atomic E-state index is 0.0845. The monoisotopic (exact) mass is 262 g/mol. The van der Waals surface area contributed by atoms with Gasteiger partial charge in [0.05, 0.1) is 11.6 Å². The Kier molecular flexibility index (Phi) is 4.48. The first-order valence-corrected chi connectivity index (χ1v) is 7.15. The molecule has 3 nitrogen and oxygen atoms in total. The van der Waals surface area contributed by atoms with Gasteiger partial charge in [-0.1, -0.05) is 18.2 Å². The maximum absolute atomic E-state index is 6.13. The molecule has 2 rings (SSSR count). The number of aryl methyl sites for hydroxylation is 1. The summed E-state index contributed by atoms with van der Waals surface area (Å²) in [7, 11) is 3.99. The van der Waals surface area contributed by atoms with Crippen molar-refractivity contribution in [2.24, 2.45) is 5.73 Å². The zero-order chi connectivity index (χ0) is 13.9. The van der Waals surface area contributed by atoms with Crippen LogP contribution < -0.4 is 10.6 Å². The summed E-state index contributed by atoms with van der Waals surface area (Å²) in [6, 6.07) is 8.54. The van der Waals surface area contributed by atoms with E-state index in [1.807, 2.05) is 7.11 Å². The van der Waals surface area contributed by atoms with Crippen LogP contribution in [0.4, 0.5) is 5.69 Å². The summed E-state index contributed by atoms with van der Waals surface area (Å²) in [4.78, 5) is 2.40. The Labute approximate surface area is 116 Å². The Morgan fingerprint density at radius 3 is 2.47 bits per heavy atom. The number of likely N-dealkylation sites (N-methyl/N-ethyl adjacent to an activating group) is 1. The fourth-order valence-electron chi connectivity index (χ4n) is 3.24. The summed E-state index contributed by atoms with van der Waals surface area (Å²) < 4.78 is 5.48. The molecule has 1 aromatic carbocycles. The van der Waals surface area contributed by atoms with Gasteiger partial charge in [-0.2, -0.15) is 0 Å². The fraction of sp³-hybridized carbons (Fsp3) is 0.625. The molecule has 0 amide bonds. The first kappa shape index (κ1) is 14.4. The van der Waals surface area contributed by atoms with Gasteiger partial charge in [0.25, 0.3) is 0 Å². The van der Waals surface area contributed by atoms with Crippen LogP contribution in [0.15, 0.2) is 24.3 Å². The number of nitrogens with zero attached hydrogens (tertiary/aromatic N) is 1. The van der Waals surface area contributed by atoms with Crippen LogP contribution in [0.5, 0.6) is 0 Å². The Bertz CT molecular complexity index is 411. The number of ether oxygens (including phenoxy) is 1. The molecule has 0 aromatic heterocycles. The molecule has 0 saturated heterocycles. The van der Waals surface area contributed by atoms with Crippen molar-refractivity contribution in [2.45, 2.75) is 44.2 Å². The molecule has 0 radical (unpaired) electrons. The van der Waals surface area contributed by atoms with E-state index in [-0.39, 0.29) is 5.54 Å². The zero-order valence-electron chi connectivity index (χ0n) is 12.4. The molecular formula is C16H26N2O. The summed E-state index contributed by atoms with van der Waals surface area (Å²) >= 11 is 0. The lowest BCUT2D eigenvalue weighted by Crippen LogP contribution is -2.55. The first-order valence-electron chi connectivity index (χ1n) is 7.15. The number of rotatable bonds is 4. The van der Waals surface area contributed by atoms with Gasteiger partial charge in [0.1, 0.15) is 0 Å². The highest BCUT2D eigenvalue weighted by molar-refractivity contribution is 5.54. The van der Waals surface area contributed by atoms with E-state index in [0.717, 1.165) is 25.7 Å². The van der Waals surface area contributed by atoms with Gasteiger partial charge in [0.2, 0.25) is 0 Å². The van der Waals surface area contributed by atoms with Crippen LogP contribution in [0.3, 0.4) is 0 Å². The number of methoxy groups -OCH3 is 1. The molecule has 3 heteroatoms.